The maximum absolute atomic E-state index is 11.9. The highest BCUT2D eigenvalue weighted by Crippen LogP contribution is 2.16. The van der Waals surface area contributed by atoms with Gasteiger partial charge in [0.2, 0.25) is 0 Å². The molecule has 0 radical (unpaired) electrons. The van der Waals surface area contributed by atoms with E-state index in [0.29, 0.717) is 12.5 Å². The largest absolute Gasteiger partial charge is 0.465 e. The van der Waals surface area contributed by atoms with E-state index < -0.39 is 0 Å². The van der Waals surface area contributed by atoms with Crippen LogP contribution in [0.25, 0.3) is 0 Å². The molecule has 1 saturated heterocycles. The topological polar surface area (TPSA) is 38.3 Å². The third-order valence-electron chi connectivity index (χ3n) is 3.72. The lowest BCUT2D eigenvalue weighted by molar-refractivity contribution is -0.148. The molecule has 1 aliphatic heterocycles. The number of hydrogen-bond donors (Lipinski definition) is 1. The van der Waals surface area contributed by atoms with Gasteiger partial charge < -0.3 is 10.1 Å². The molecule has 0 saturated carbocycles. The maximum atomic E-state index is 11.9. The molecule has 2 atom stereocenters. The summed E-state index contributed by atoms with van der Waals surface area (Å²) in [5.74, 6) is 0.302. The van der Waals surface area contributed by atoms with Crippen LogP contribution in [0.5, 0.6) is 0 Å². The SMILES string of the molecule is CC1CCCNC1C(=O)OCCCc1ccccc1. The first-order valence-electron chi connectivity index (χ1n) is 7.21. The van der Waals surface area contributed by atoms with E-state index in [2.05, 4.69) is 24.4 Å². The van der Waals surface area contributed by atoms with Crippen LogP contribution in [0.2, 0.25) is 0 Å². The zero-order valence-electron chi connectivity index (χ0n) is 11.6. The van der Waals surface area contributed by atoms with Gasteiger partial charge in [-0.25, -0.2) is 0 Å². The molecule has 0 aromatic heterocycles. The molecule has 0 amide bonds. The number of nitrogens with one attached hydrogen (secondary N) is 1. The molecule has 1 heterocycles. The third kappa shape index (κ3) is 4.35. The minimum atomic E-state index is -0.106. The summed E-state index contributed by atoms with van der Waals surface area (Å²) in [5, 5.41) is 3.25. The van der Waals surface area contributed by atoms with Crippen molar-refractivity contribution < 1.29 is 9.53 Å². The number of esters is 1. The summed E-state index contributed by atoms with van der Waals surface area (Å²) in [6, 6.07) is 10.2. The molecule has 1 N–H and O–H groups in total. The van der Waals surface area contributed by atoms with Crippen LogP contribution in [0.1, 0.15) is 31.7 Å². The lowest BCUT2D eigenvalue weighted by Crippen LogP contribution is -2.46. The summed E-state index contributed by atoms with van der Waals surface area (Å²) in [5.41, 5.74) is 1.29. The fourth-order valence-corrected chi connectivity index (χ4v) is 2.55. The monoisotopic (exact) mass is 261 g/mol. The van der Waals surface area contributed by atoms with Gasteiger partial charge in [0.15, 0.2) is 0 Å². The van der Waals surface area contributed by atoms with E-state index in [4.69, 9.17) is 4.74 Å². The van der Waals surface area contributed by atoms with Crippen molar-refractivity contribution in [1.29, 1.82) is 0 Å². The summed E-state index contributed by atoms with van der Waals surface area (Å²) in [6.07, 6.45) is 4.11. The smallest absolute Gasteiger partial charge is 0.323 e. The van der Waals surface area contributed by atoms with E-state index in [0.717, 1.165) is 32.2 Å². The van der Waals surface area contributed by atoms with Crippen molar-refractivity contribution in [3.8, 4) is 0 Å². The first-order chi connectivity index (χ1) is 9.27. The van der Waals surface area contributed by atoms with Crippen molar-refractivity contribution >= 4 is 5.97 Å². The molecule has 0 aliphatic carbocycles. The number of carbonyl (C=O) groups is 1. The Bertz CT molecular complexity index is 391. The van der Waals surface area contributed by atoms with Crippen LogP contribution in [-0.2, 0) is 16.0 Å². The Morgan fingerprint density at radius 3 is 2.89 bits per heavy atom. The normalized spacial score (nSPS) is 23.0. The Morgan fingerprint density at radius 1 is 1.37 bits per heavy atom. The van der Waals surface area contributed by atoms with Gasteiger partial charge in [0.1, 0.15) is 6.04 Å². The predicted octanol–water partition coefficient (Wildman–Crippen LogP) is 2.55. The Kier molecular flexibility index (Phi) is 5.40. The second-order valence-corrected chi connectivity index (χ2v) is 5.31. The quantitative estimate of drug-likeness (QED) is 0.654. The Balaban J connectivity index is 1.66. The molecule has 2 rings (SSSR count). The van der Waals surface area contributed by atoms with Crippen molar-refractivity contribution in [3.63, 3.8) is 0 Å². The van der Waals surface area contributed by atoms with E-state index in [1.165, 1.54) is 5.56 Å². The van der Waals surface area contributed by atoms with Crippen molar-refractivity contribution in [2.24, 2.45) is 5.92 Å². The van der Waals surface area contributed by atoms with E-state index in [9.17, 15) is 4.79 Å². The molecule has 0 bridgehead atoms. The molecule has 2 unspecified atom stereocenters. The average molecular weight is 261 g/mol. The zero-order valence-corrected chi connectivity index (χ0v) is 11.6. The van der Waals surface area contributed by atoms with Gasteiger partial charge in [-0.1, -0.05) is 37.3 Å². The maximum Gasteiger partial charge on any atom is 0.323 e. The molecule has 1 fully saturated rings. The summed E-state index contributed by atoms with van der Waals surface area (Å²) in [6.45, 7) is 3.55. The highest BCUT2D eigenvalue weighted by Gasteiger charge is 2.28. The lowest BCUT2D eigenvalue weighted by Gasteiger charge is -2.28. The predicted molar refractivity (Wildman–Crippen MR) is 75.9 cm³/mol. The molecule has 1 aromatic carbocycles. The number of carbonyl (C=O) groups excluding carboxylic acids is 1. The van der Waals surface area contributed by atoms with E-state index in [1.807, 2.05) is 18.2 Å². The van der Waals surface area contributed by atoms with Crippen LogP contribution < -0.4 is 5.32 Å². The molecular formula is C16H23NO2. The first kappa shape index (κ1) is 14.1. The summed E-state index contributed by atoms with van der Waals surface area (Å²) in [7, 11) is 0. The number of benzene rings is 1. The van der Waals surface area contributed by atoms with Gasteiger partial charge in [0.25, 0.3) is 0 Å². The van der Waals surface area contributed by atoms with Gasteiger partial charge in [-0.2, -0.15) is 0 Å². The molecule has 3 heteroatoms. The number of rotatable bonds is 5. The highest BCUT2D eigenvalue weighted by molar-refractivity contribution is 5.76. The van der Waals surface area contributed by atoms with Gasteiger partial charge in [-0.3, -0.25) is 4.79 Å². The summed E-state index contributed by atoms with van der Waals surface area (Å²) >= 11 is 0. The average Bonchev–Trinajstić information content (AvgIpc) is 2.45. The number of hydrogen-bond acceptors (Lipinski definition) is 3. The van der Waals surface area contributed by atoms with E-state index in [-0.39, 0.29) is 12.0 Å². The Morgan fingerprint density at radius 2 is 2.16 bits per heavy atom. The van der Waals surface area contributed by atoms with Crippen molar-refractivity contribution in [3.05, 3.63) is 35.9 Å². The van der Waals surface area contributed by atoms with E-state index in [1.54, 1.807) is 0 Å². The molecule has 19 heavy (non-hydrogen) atoms. The molecule has 1 aliphatic rings. The second kappa shape index (κ2) is 7.29. The zero-order chi connectivity index (χ0) is 13.5. The van der Waals surface area contributed by atoms with Crippen LogP contribution in [-0.4, -0.2) is 25.2 Å². The molecule has 0 spiro atoms. The molecular weight excluding hydrogens is 238 g/mol. The highest BCUT2D eigenvalue weighted by atomic mass is 16.5. The Hall–Kier alpha value is -1.35. The minimum absolute atomic E-state index is 0.0831. The van der Waals surface area contributed by atoms with Gasteiger partial charge >= 0.3 is 5.97 Å². The third-order valence-corrected chi connectivity index (χ3v) is 3.72. The van der Waals surface area contributed by atoms with Crippen molar-refractivity contribution in [2.75, 3.05) is 13.2 Å². The van der Waals surface area contributed by atoms with Crippen LogP contribution in [0, 0.1) is 5.92 Å². The van der Waals surface area contributed by atoms with Crippen LogP contribution >= 0.6 is 0 Å². The summed E-state index contributed by atoms with van der Waals surface area (Å²) < 4.78 is 5.37. The molecule has 1 aromatic rings. The fraction of sp³-hybridized carbons (Fsp3) is 0.562. The van der Waals surface area contributed by atoms with Gasteiger partial charge in [-0.05, 0) is 43.7 Å². The van der Waals surface area contributed by atoms with Crippen LogP contribution in [0.4, 0.5) is 0 Å². The number of aryl methyl sites for hydroxylation is 1. The molecule has 104 valence electrons. The fourth-order valence-electron chi connectivity index (χ4n) is 2.55. The molecule has 3 nitrogen and oxygen atoms in total. The van der Waals surface area contributed by atoms with Crippen molar-refractivity contribution in [1.82, 2.24) is 5.32 Å². The second-order valence-electron chi connectivity index (χ2n) is 5.31. The minimum Gasteiger partial charge on any atom is -0.465 e. The standard InChI is InChI=1S/C16H23NO2/c1-13-7-5-11-17-15(13)16(18)19-12-6-10-14-8-3-2-4-9-14/h2-4,8-9,13,15,17H,5-7,10-12H2,1H3. The van der Waals surface area contributed by atoms with Gasteiger partial charge in [-0.15, -0.1) is 0 Å². The summed E-state index contributed by atoms with van der Waals surface area (Å²) in [4.78, 5) is 11.9. The first-order valence-corrected chi connectivity index (χ1v) is 7.21. The van der Waals surface area contributed by atoms with Crippen LogP contribution in [0.15, 0.2) is 30.3 Å². The number of ether oxygens (including phenoxy) is 1. The van der Waals surface area contributed by atoms with E-state index >= 15 is 0 Å². The van der Waals surface area contributed by atoms with Crippen molar-refractivity contribution in [2.45, 2.75) is 38.6 Å². The lowest BCUT2D eigenvalue weighted by atomic mass is 9.93. The van der Waals surface area contributed by atoms with Gasteiger partial charge in [0.05, 0.1) is 6.61 Å². The van der Waals surface area contributed by atoms with Crippen LogP contribution in [0.3, 0.4) is 0 Å². The Labute approximate surface area is 115 Å². The number of piperidine rings is 1. The van der Waals surface area contributed by atoms with Gasteiger partial charge in [0, 0.05) is 0 Å².